The van der Waals surface area contributed by atoms with Gasteiger partial charge in [-0.05, 0) is 36.4 Å². The maximum Gasteiger partial charge on any atom is 0.276 e. The van der Waals surface area contributed by atoms with E-state index in [0.717, 1.165) is 6.26 Å². The highest BCUT2D eigenvalue weighted by atomic mass is 32.2. The summed E-state index contributed by atoms with van der Waals surface area (Å²) in [4.78, 5) is 33.3. The van der Waals surface area contributed by atoms with E-state index in [2.05, 4.69) is 20.6 Å². The lowest BCUT2D eigenvalue weighted by Gasteiger charge is -2.12. The Hall–Kier alpha value is -4.25. The largest absolute Gasteiger partial charge is 0.494 e. The number of imidazole rings is 1. The van der Waals surface area contributed by atoms with Gasteiger partial charge in [-0.25, -0.2) is 13.4 Å². The number of fused-ring (bicyclic) bond motifs is 1. The third-order valence-electron chi connectivity index (χ3n) is 4.69. The summed E-state index contributed by atoms with van der Waals surface area (Å²) >= 11 is 0. The van der Waals surface area contributed by atoms with Gasteiger partial charge in [0.05, 0.1) is 23.9 Å². The second-order valence-electron chi connectivity index (χ2n) is 7.04. The quantitative estimate of drug-likeness (QED) is 0.447. The van der Waals surface area contributed by atoms with Crippen molar-refractivity contribution in [2.24, 2.45) is 0 Å². The molecule has 33 heavy (non-hydrogen) atoms. The lowest BCUT2D eigenvalue weighted by molar-refractivity contribution is 0.101. The van der Waals surface area contributed by atoms with Crippen LogP contribution in [0.2, 0.25) is 0 Å². The van der Waals surface area contributed by atoms with Crippen molar-refractivity contribution >= 4 is 38.5 Å². The van der Waals surface area contributed by atoms with Crippen molar-refractivity contribution in [3.8, 4) is 5.75 Å². The molecule has 3 aromatic heterocycles. The van der Waals surface area contributed by atoms with E-state index in [-0.39, 0.29) is 16.8 Å². The molecule has 2 amide bonds. The first-order chi connectivity index (χ1) is 15.8. The third-order valence-corrected chi connectivity index (χ3v) is 5.65. The number of rotatable bonds is 6. The first kappa shape index (κ1) is 22.0. The van der Waals surface area contributed by atoms with E-state index >= 15 is 0 Å². The highest BCUT2D eigenvalue weighted by molar-refractivity contribution is 7.90. The van der Waals surface area contributed by atoms with Crippen LogP contribution < -0.4 is 15.4 Å². The molecule has 0 saturated carbocycles. The van der Waals surface area contributed by atoms with Crippen LogP contribution in [-0.2, 0) is 9.84 Å². The molecule has 3 heterocycles. The van der Waals surface area contributed by atoms with Gasteiger partial charge in [0.25, 0.3) is 11.8 Å². The fourth-order valence-electron chi connectivity index (χ4n) is 3.19. The highest BCUT2D eigenvalue weighted by Crippen LogP contribution is 2.29. The van der Waals surface area contributed by atoms with Crippen molar-refractivity contribution in [1.82, 2.24) is 14.4 Å². The molecular formula is C22H19N5O5S. The fourth-order valence-corrected chi connectivity index (χ4v) is 3.97. The van der Waals surface area contributed by atoms with E-state index in [1.807, 2.05) is 0 Å². The second kappa shape index (κ2) is 8.71. The first-order valence-electron chi connectivity index (χ1n) is 9.66. The van der Waals surface area contributed by atoms with Gasteiger partial charge in [0, 0.05) is 36.6 Å². The predicted octanol–water partition coefficient (Wildman–Crippen LogP) is 2.65. The number of benzene rings is 1. The monoisotopic (exact) mass is 465 g/mol. The Labute approximate surface area is 189 Å². The van der Waals surface area contributed by atoms with Crippen molar-refractivity contribution in [2.45, 2.75) is 5.16 Å². The van der Waals surface area contributed by atoms with E-state index in [0.29, 0.717) is 28.2 Å². The Bertz CT molecular complexity index is 1470. The first-order valence-corrected chi connectivity index (χ1v) is 11.5. The number of nitrogens with one attached hydrogen (secondary N) is 2. The molecule has 4 rings (SSSR count). The Balaban J connectivity index is 1.60. The zero-order valence-electron chi connectivity index (χ0n) is 17.6. The van der Waals surface area contributed by atoms with Crippen LogP contribution in [-0.4, -0.2) is 48.0 Å². The van der Waals surface area contributed by atoms with E-state index in [4.69, 9.17) is 4.74 Å². The number of pyridine rings is 2. The minimum absolute atomic E-state index is 0.0380. The molecule has 4 aromatic rings. The number of carbonyl (C=O) groups is 2. The van der Waals surface area contributed by atoms with Gasteiger partial charge >= 0.3 is 0 Å². The van der Waals surface area contributed by atoms with Crippen LogP contribution in [0.4, 0.5) is 11.4 Å². The fraction of sp³-hybridized carbons (Fsp3) is 0.0909. The molecule has 0 radical (unpaired) electrons. The number of hydrogen-bond donors (Lipinski definition) is 2. The van der Waals surface area contributed by atoms with Gasteiger partial charge in [-0.1, -0.05) is 6.07 Å². The maximum atomic E-state index is 12.9. The molecule has 0 fully saturated rings. The molecule has 1 aromatic carbocycles. The van der Waals surface area contributed by atoms with Crippen LogP contribution >= 0.6 is 0 Å². The Morgan fingerprint density at radius 1 is 1.03 bits per heavy atom. The summed E-state index contributed by atoms with van der Waals surface area (Å²) in [6, 6.07) is 12.9. The van der Waals surface area contributed by atoms with Crippen molar-refractivity contribution < 1.29 is 22.7 Å². The normalized spacial score (nSPS) is 11.2. The molecule has 0 aliphatic rings. The minimum atomic E-state index is -3.66. The summed E-state index contributed by atoms with van der Waals surface area (Å²) in [5.74, 6) is -0.643. The number of carbonyl (C=O) groups excluding carboxylic acids is 2. The zero-order valence-corrected chi connectivity index (χ0v) is 18.5. The molecule has 168 valence electrons. The average Bonchev–Trinajstić information content (AvgIpc) is 3.21. The van der Waals surface area contributed by atoms with Gasteiger partial charge in [-0.15, -0.1) is 0 Å². The summed E-state index contributed by atoms with van der Waals surface area (Å²) in [6.45, 7) is 0. The number of ether oxygens (including phenoxy) is 1. The maximum absolute atomic E-state index is 12.9. The summed E-state index contributed by atoms with van der Waals surface area (Å²) in [7, 11) is -2.23. The summed E-state index contributed by atoms with van der Waals surface area (Å²) in [6.07, 6.45) is 5.56. The van der Waals surface area contributed by atoms with Gasteiger partial charge in [0.15, 0.2) is 5.69 Å². The molecule has 10 nitrogen and oxygen atoms in total. The zero-order chi connectivity index (χ0) is 23.6. The van der Waals surface area contributed by atoms with Crippen molar-refractivity contribution in [3.63, 3.8) is 0 Å². The average molecular weight is 465 g/mol. The van der Waals surface area contributed by atoms with E-state index < -0.39 is 15.7 Å². The minimum Gasteiger partial charge on any atom is -0.494 e. The molecule has 0 spiro atoms. The second-order valence-corrected chi connectivity index (χ2v) is 8.95. The number of aromatic nitrogens is 3. The van der Waals surface area contributed by atoms with E-state index in [1.54, 1.807) is 48.7 Å². The summed E-state index contributed by atoms with van der Waals surface area (Å²) in [5.41, 5.74) is 1.46. The van der Waals surface area contributed by atoms with E-state index in [9.17, 15) is 18.0 Å². The number of methoxy groups -OCH3 is 1. The van der Waals surface area contributed by atoms with Crippen LogP contribution in [0.5, 0.6) is 5.75 Å². The third kappa shape index (κ3) is 4.53. The molecule has 0 saturated heterocycles. The molecule has 2 N–H and O–H groups in total. The lowest BCUT2D eigenvalue weighted by atomic mass is 10.2. The topological polar surface area (TPSA) is 132 Å². The molecule has 0 bridgehead atoms. The van der Waals surface area contributed by atoms with E-state index in [1.165, 1.54) is 30.0 Å². The lowest BCUT2D eigenvalue weighted by Crippen LogP contribution is -2.15. The predicted molar refractivity (Wildman–Crippen MR) is 121 cm³/mol. The van der Waals surface area contributed by atoms with Crippen LogP contribution in [0.1, 0.15) is 20.8 Å². The van der Waals surface area contributed by atoms with Gasteiger partial charge in [-0.3, -0.25) is 19.0 Å². The smallest absolute Gasteiger partial charge is 0.276 e. The standard InChI is InChI=1S/C22H19N5O5S/c1-32-18-12-15(8-9-16(18)25-20(28)14-6-5-10-23-13-14)24-21(29)19-17-7-3-4-11-27(17)22(26-19)33(2,30)31/h3-13H,1-2H3,(H,24,29)(H,25,28). The SMILES string of the molecule is COc1cc(NC(=O)c2nc(S(C)(=O)=O)n3ccccc23)ccc1NC(=O)c1cccnc1. The number of anilines is 2. The van der Waals surface area contributed by atoms with Crippen LogP contribution in [0, 0.1) is 0 Å². The number of amides is 2. The summed E-state index contributed by atoms with van der Waals surface area (Å²) < 4.78 is 30.9. The van der Waals surface area contributed by atoms with Gasteiger partial charge in [0.2, 0.25) is 15.0 Å². The van der Waals surface area contributed by atoms with Crippen LogP contribution in [0.15, 0.2) is 72.3 Å². The molecule has 0 atom stereocenters. The van der Waals surface area contributed by atoms with Gasteiger partial charge in [-0.2, -0.15) is 0 Å². The molecule has 11 heteroatoms. The van der Waals surface area contributed by atoms with Gasteiger partial charge in [0.1, 0.15) is 5.75 Å². The van der Waals surface area contributed by atoms with Crippen LogP contribution in [0.3, 0.4) is 0 Å². The Morgan fingerprint density at radius 2 is 1.85 bits per heavy atom. The number of sulfone groups is 1. The molecule has 0 aliphatic heterocycles. The van der Waals surface area contributed by atoms with Crippen molar-refractivity contribution in [2.75, 3.05) is 24.0 Å². The van der Waals surface area contributed by atoms with Crippen molar-refractivity contribution in [1.29, 1.82) is 0 Å². The van der Waals surface area contributed by atoms with Crippen molar-refractivity contribution in [3.05, 3.63) is 78.4 Å². The molecular weight excluding hydrogens is 446 g/mol. The Morgan fingerprint density at radius 3 is 2.55 bits per heavy atom. The summed E-state index contributed by atoms with van der Waals surface area (Å²) in [5, 5.41) is 5.20. The Kier molecular flexibility index (Phi) is 5.80. The molecule has 0 aliphatic carbocycles. The number of hydrogen-bond acceptors (Lipinski definition) is 7. The molecule has 0 unspecified atom stereocenters. The number of nitrogens with zero attached hydrogens (tertiary/aromatic N) is 3. The van der Waals surface area contributed by atoms with Gasteiger partial charge < -0.3 is 15.4 Å². The highest BCUT2D eigenvalue weighted by Gasteiger charge is 2.23. The van der Waals surface area contributed by atoms with Crippen LogP contribution in [0.25, 0.3) is 5.52 Å².